The molecule has 0 unspecified atom stereocenters. The molecule has 0 aliphatic rings. The highest BCUT2D eigenvalue weighted by atomic mass is 19.4. The molecule has 61 heavy (non-hydrogen) atoms. The number of benzene rings is 4. The summed E-state index contributed by atoms with van der Waals surface area (Å²) in [6, 6.07) is 4.36. The molecule has 8 nitrogen and oxygen atoms in total. The molecule has 4 N–H and O–H groups in total. The van der Waals surface area contributed by atoms with Crippen molar-refractivity contribution in [3.63, 3.8) is 0 Å². The number of carboxylic acids is 2. The second-order valence-electron chi connectivity index (χ2n) is 15.8. The minimum absolute atomic E-state index is 0.0641. The molecule has 4 aromatic rings. The minimum atomic E-state index is -6.44. The Morgan fingerprint density at radius 3 is 1.26 bits per heavy atom. The van der Waals surface area contributed by atoms with Gasteiger partial charge in [-0.1, -0.05) is 45.0 Å². The Morgan fingerprint density at radius 2 is 0.885 bits per heavy atom. The molecule has 328 valence electrons. The Morgan fingerprint density at radius 1 is 0.492 bits per heavy atom. The number of anilines is 2. The van der Waals surface area contributed by atoms with Crippen molar-refractivity contribution in [2.75, 3.05) is 10.6 Å². The Bertz CT molecular complexity index is 2390. The summed E-state index contributed by atoms with van der Waals surface area (Å²) < 4.78 is 178. The summed E-state index contributed by atoms with van der Waals surface area (Å²) >= 11 is 0. The maximum atomic E-state index is 15.2. The zero-order chi connectivity index (χ0) is 46.6. The van der Waals surface area contributed by atoms with Crippen LogP contribution >= 0.6 is 0 Å². The van der Waals surface area contributed by atoms with Crippen LogP contribution in [0.3, 0.4) is 0 Å². The molecule has 0 aliphatic carbocycles. The van der Waals surface area contributed by atoms with E-state index in [1.165, 1.54) is 20.8 Å². The fourth-order valence-electron chi connectivity index (χ4n) is 6.50. The number of alkyl halides is 12. The monoisotopic (exact) mass is 878 g/mol. The van der Waals surface area contributed by atoms with Crippen molar-refractivity contribution >= 4 is 35.0 Å². The first kappa shape index (κ1) is 47.6. The first-order chi connectivity index (χ1) is 27.5. The van der Waals surface area contributed by atoms with Gasteiger partial charge in [0.15, 0.2) is 5.78 Å². The van der Waals surface area contributed by atoms with Gasteiger partial charge in [0, 0.05) is 27.9 Å². The van der Waals surface area contributed by atoms with Crippen molar-refractivity contribution in [3.05, 3.63) is 117 Å². The summed E-state index contributed by atoms with van der Waals surface area (Å²) in [6.45, 7) is 8.44. The molecule has 0 aliphatic heterocycles. The van der Waals surface area contributed by atoms with Crippen LogP contribution in [0.5, 0.6) is 0 Å². The van der Waals surface area contributed by atoms with E-state index < -0.39 is 126 Å². The average Bonchev–Trinajstić information content (AvgIpc) is 3.08. The summed E-state index contributed by atoms with van der Waals surface area (Å²) in [5, 5.41) is 24.0. The molecule has 0 heterocycles. The lowest BCUT2D eigenvalue weighted by molar-refractivity contribution is -0.288. The second-order valence-corrected chi connectivity index (χ2v) is 15.8. The van der Waals surface area contributed by atoms with Crippen LogP contribution < -0.4 is 10.6 Å². The number of carbonyl (C=O) groups is 4. The number of hydrogen-bond donors (Lipinski definition) is 4. The van der Waals surface area contributed by atoms with E-state index in [2.05, 4.69) is 5.32 Å². The zero-order valence-corrected chi connectivity index (χ0v) is 32.5. The lowest BCUT2D eigenvalue weighted by atomic mass is 9.70. The fraction of sp³-hybridized carbons (Fsp3) is 0.317. The molecule has 4 aromatic carbocycles. The summed E-state index contributed by atoms with van der Waals surface area (Å²) in [6.07, 6.45) is -23.5. The van der Waals surface area contributed by atoms with E-state index in [-0.39, 0.29) is 42.1 Å². The lowest BCUT2D eigenvalue weighted by Gasteiger charge is -2.39. The van der Waals surface area contributed by atoms with Gasteiger partial charge in [-0.05, 0) is 91.6 Å². The SMILES string of the molecule is CC(C)(C)Nc1ccc(-c2ccc(NC(=O)c3cc(C(c4ccc(C(=O)O)c(C(=O)C(C)(C)C)c4)(C(F)(F)F)C(F)(F)F)ccc3C(=O)O)cc2C(F)(F)F)c(C(F)(F)F)c1. The van der Waals surface area contributed by atoms with Crippen LogP contribution in [0.4, 0.5) is 64.1 Å². The molecule has 0 fully saturated rings. The van der Waals surface area contributed by atoms with Gasteiger partial charge in [0.2, 0.25) is 5.41 Å². The first-order valence-electron chi connectivity index (χ1n) is 17.5. The highest BCUT2D eigenvalue weighted by Crippen LogP contribution is 2.57. The van der Waals surface area contributed by atoms with Gasteiger partial charge in [0.05, 0.1) is 27.8 Å². The van der Waals surface area contributed by atoms with Crippen LogP contribution in [-0.4, -0.2) is 51.7 Å². The normalized spacial score (nSPS) is 13.1. The van der Waals surface area contributed by atoms with Crippen LogP contribution in [-0.2, 0) is 17.8 Å². The van der Waals surface area contributed by atoms with Crippen LogP contribution in [0.1, 0.15) is 105 Å². The highest BCUT2D eigenvalue weighted by Gasteiger charge is 2.72. The standard InChI is InChI=1S/C41H34F12N2O6/c1-35(2,3)31(56)27-15-19(7-11-25(27)33(58)59)37(40(48,49)50,41(51,52)53)20-8-12-26(34(60)61)28(16-20)32(57)54-21-9-13-23(29(17-21)38(42,43)44)24-14-10-22(55-36(4,5)6)18-30(24)39(45,46)47/h7-18,55H,1-6H3,(H,54,57)(H,58,59)(H,60,61). The largest absolute Gasteiger partial charge is 0.478 e. The van der Waals surface area contributed by atoms with Crippen LogP contribution in [0, 0.1) is 5.41 Å². The third kappa shape index (κ3) is 9.62. The van der Waals surface area contributed by atoms with E-state index in [4.69, 9.17) is 0 Å². The number of nitrogens with one attached hydrogen (secondary N) is 2. The Hall–Kier alpha value is -6.08. The van der Waals surface area contributed by atoms with Crippen molar-refractivity contribution in [1.29, 1.82) is 0 Å². The molecule has 0 radical (unpaired) electrons. The van der Waals surface area contributed by atoms with Crippen molar-refractivity contribution < 1.29 is 82.1 Å². The summed E-state index contributed by atoms with van der Waals surface area (Å²) in [7, 11) is 0. The number of halogens is 12. The Kier molecular flexibility index (Phi) is 12.3. The van der Waals surface area contributed by atoms with E-state index in [9.17, 15) is 55.7 Å². The van der Waals surface area contributed by atoms with Crippen molar-refractivity contribution in [2.24, 2.45) is 5.41 Å². The molecule has 0 atom stereocenters. The smallest absolute Gasteiger partial charge is 0.417 e. The molecular weight excluding hydrogens is 844 g/mol. The van der Waals surface area contributed by atoms with Gasteiger partial charge in [-0.15, -0.1) is 0 Å². The van der Waals surface area contributed by atoms with Gasteiger partial charge in [-0.25, -0.2) is 9.59 Å². The fourth-order valence-corrected chi connectivity index (χ4v) is 6.50. The first-order valence-corrected chi connectivity index (χ1v) is 17.5. The number of aromatic carboxylic acids is 2. The quantitative estimate of drug-likeness (QED) is 0.0972. The van der Waals surface area contributed by atoms with Gasteiger partial charge < -0.3 is 20.8 Å². The number of hydrogen-bond acceptors (Lipinski definition) is 5. The zero-order valence-electron chi connectivity index (χ0n) is 32.5. The molecule has 0 saturated heterocycles. The van der Waals surface area contributed by atoms with Crippen molar-refractivity contribution in [1.82, 2.24) is 0 Å². The van der Waals surface area contributed by atoms with E-state index in [0.717, 1.165) is 12.1 Å². The maximum Gasteiger partial charge on any atom is 0.417 e. The van der Waals surface area contributed by atoms with Crippen molar-refractivity contribution in [2.45, 2.75) is 77.2 Å². The molecule has 4 rings (SSSR count). The molecule has 0 spiro atoms. The van der Waals surface area contributed by atoms with Gasteiger partial charge in [-0.2, -0.15) is 52.7 Å². The minimum Gasteiger partial charge on any atom is -0.478 e. The molecule has 1 amide bonds. The predicted molar refractivity (Wildman–Crippen MR) is 197 cm³/mol. The maximum absolute atomic E-state index is 15.2. The van der Waals surface area contributed by atoms with Crippen LogP contribution in [0.2, 0.25) is 0 Å². The predicted octanol–water partition coefficient (Wildman–Crippen LogP) is 11.9. The van der Waals surface area contributed by atoms with Crippen LogP contribution in [0.15, 0.2) is 72.8 Å². The number of rotatable bonds is 9. The lowest BCUT2D eigenvalue weighted by Crippen LogP contribution is -2.55. The van der Waals surface area contributed by atoms with E-state index >= 15 is 26.3 Å². The molecule has 0 saturated carbocycles. The van der Waals surface area contributed by atoms with Crippen molar-refractivity contribution in [3.8, 4) is 11.1 Å². The summed E-state index contributed by atoms with van der Waals surface area (Å²) in [4.78, 5) is 50.9. The van der Waals surface area contributed by atoms with Gasteiger partial charge >= 0.3 is 36.6 Å². The Labute approximate surface area is 338 Å². The second kappa shape index (κ2) is 15.7. The third-order valence-corrected chi connectivity index (χ3v) is 9.10. The number of Topliss-reactive ketones (excluding diaryl/α,β-unsaturated/α-hetero) is 1. The third-order valence-electron chi connectivity index (χ3n) is 9.10. The van der Waals surface area contributed by atoms with E-state index in [1.54, 1.807) is 26.1 Å². The summed E-state index contributed by atoms with van der Waals surface area (Å²) in [5.74, 6) is -7.03. The number of amides is 1. The van der Waals surface area contributed by atoms with E-state index in [0.29, 0.717) is 24.3 Å². The molecular formula is C41H34F12N2O6. The summed E-state index contributed by atoms with van der Waals surface area (Å²) in [5.41, 5.74) is -22.2. The van der Waals surface area contributed by atoms with E-state index in [1.807, 2.05) is 0 Å². The number of carbonyl (C=O) groups excluding carboxylic acids is 2. The molecule has 0 aromatic heterocycles. The molecule has 0 bridgehead atoms. The molecule has 20 heteroatoms. The van der Waals surface area contributed by atoms with Gasteiger partial charge in [0.1, 0.15) is 0 Å². The Balaban J connectivity index is 1.97. The number of ketones is 1. The topological polar surface area (TPSA) is 133 Å². The number of carboxylic acid groups (broad SMARTS) is 2. The highest BCUT2D eigenvalue weighted by molar-refractivity contribution is 6.11. The van der Waals surface area contributed by atoms with Gasteiger partial charge in [-0.3, -0.25) is 9.59 Å². The average molecular weight is 879 g/mol. The van der Waals surface area contributed by atoms with Crippen LogP contribution in [0.25, 0.3) is 11.1 Å². The van der Waals surface area contributed by atoms with Gasteiger partial charge in [0.25, 0.3) is 5.91 Å².